The average Bonchev–Trinajstić information content (AvgIpc) is 2.79. The van der Waals surface area contributed by atoms with Gasteiger partial charge in [-0.2, -0.15) is 0 Å². The molecular weight excluding hydrogens is 391 g/mol. The number of hydrogen-bond acceptors (Lipinski definition) is 4. The number of nitrogens with one attached hydrogen (secondary N) is 1. The van der Waals surface area contributed by atoms with Gasteiger partial charge in [-0.3, -0.25) is 14.7 Å². The van der Waals surface area contributed by atoms with Crippen LogP contribution < -0.4 is 11.1 Å². The summed E-state index contributed by atoms with van der Waals surface area (Å²) in [6.45, 7) is 7.93. The SMILES string of the molecule is C=C(NC(=O)C1CCN(Cc2ccccc2F)CC1)/C(N)=C\C=C(/C)c1cccnc1. The maximum atomic E-state index is 13.9. The third-order valence-corrected chi connectivity index (χ3v) is 5.56. The van der Waals surface area contributed by atoms with Crippen molar-refractivity contribution in [3.05, 3.63) is 95.9 Å². The van der Waals surface area contributed by atoms with E-state index in [1.807, 2.05) is 31.2 Å². The molecule has 0 radical (unpaired) electrons. The Kier molecular flexibility index (Phi) is 7.73. The summed E-state index contributed by atoms with van der Waals surface area (Å²) in [6, 6.07) is 10.7. The third kappa shape index (κ3) is 6.36. The Labute approximate surface area is 183 Å². The first kappa shape index (κ1) is 22.4. The van der Waals surface area contributed by atoms with Crippen molar-refractivity contribution in [1.82, 2.24) is 15.2 Å². The zero-order valence-electron chi connectivity index (χ0n) is 17.9. The van der Waals surface area contributed by atoms with E-state index in [0.29, 0.717) is 23.5 Å². The minimum absolute atomic E-state index is 0.0696. The molecular formula is C25H29FN4O. The van der Waals surface area contributed by atoms with Gasteiger partial charge in [0.1, 0.15) is 5.82 Å². The highest BCUT2D eigenvalue weighted by atomic mass is 19.1. The van der Waals surface area contributed by atoms with Crippen LogP contribution in [0.25, 0.3) is 5.57 Å². The number of rotatable bonds is 7. The maximum Gasteiger partial charge on any atom is 0.227 e. The summed E-state index contributed by atoms with van der Waals surface area (Å²) >= 11 is 0. The molecule has 2 aromatic rings. The van der Waals surface area contributed by atoms with Gasteiger partial charge in [-0.15, -0.1) is 0 Å². The Hall–Kier alpha value is -3.25. The summed E-state index contributed by atoms with van der Waals surface area (Å²) in [5.74, 6) is -0.359. The zero-order valence-corrected chi connectivity index (χ0v) is 17.9. The maximum absolute atomic E-state index is 13.9. The number of aromatic nitrogens is 1. The van der Waals surface area contributed by atoms with Gasteiger partial charge in [0.25, 0.3) is 0 Å². The Morgan fingerprint density at radius 3 is 2.68 bits per heavy atom. The molecule has 0 aliphatic carbocycles. The number of halogens is 1. The first-order valence-corrected chi connectivity index (χ1v) is 10.4. The van der Waals surface area contributed by atoms with Gasteiger partial charge < -0.3 is 11.1 Å². The second kappa shape index (κ2) is 10.7. The van der Waals surface area contributed by atoms with E-state index in [0.717, 1.165) is 37.1 Å². The van der Waals surface area contributed by atoms with Crippen LogP contribution in [0.1, 0.15) is 30.9 Å². The summed E-state index contributed by atoms with van der Waals surface area (Å²) < 4.78 is 13.9. The lowest BCUT2D eigenvalue weighted by atomic mass is 9.95. The fourth-order valence-electron chi connectivity index (χ4n) is 3.55. The van der Waals surface area contributed by atoms with Crippen molar-refractivity contribution < 1.29 is 9.18 Å². The summed E-state index contributed by atoms with van der Waals surface area (Å²) in [5, 5.41) is 2.84. The van der Waals surface area contributed by atoms with E-state index in [2.05, 4.69) is 21.8 Å². The number of pyridine rings is 1. The third-order valence-electron chi connectivity index (χ3n) is 5.56. The predicted molar refractivity (Wildman–Crippen MR) is 122 cm³/mol. The van der Waals surface area contributed by atoms with E-state index in [9.17, 15) is 9.18 Å². The van der Waals surface area contributed by atoms with E-state index in [-0.39, 0.29) is 17.6 Å². The number of hydrogen-bond donors (Lipinski definition) is 2. The zero-order chi connectivity index (χ0) is 22.2. The summed E-state index contributed by atoms with van der Waals surface area (Å²) in [6.07, 6.45) is 8.56. The van der Waals surface area contributed by atoms with Gasteiger partial charge in [0.15, 0.2) is 0 Å². The number of carbonyl (C=O) groups is 1. The standard InChI is InChI=1S/C25H29FN4O/c1-18(21-7-5-13-28-16-21)9-10-24(27)19(2)29-25(31)20-11-14-30(15-12-20)17-22-6-3-4-8-23(22)26/h3-10,13,16,20H,2,11-12,14-15,17,27H2,1H3,(H,29,31)/b18-9+,24-10+. The molecule has 1 saturated heterocycles. The predicted octanol–water partition coefficient (Wildman–Crippen LogP) is 4.01. The largest absolute Gasteiger partial charge is 0.397 e. The minimum atomic E-state index is -0.186. The van der Waals surface area contributed by atoms with Crippen LogP contribution in [0.2, 0.25) is 0 Å². The Morgan fingerprint density at radius 1 is 1.26 bits per heavy atom. The van der Waals surface area contributed by atoms with E-state index in [1.54, 1.807) is 30.6 Å². The summed E-state index contributed by atoms with van der Waals surface area (Å²) in [5.41, 5.74) is 9.60. The summed E-state index contributed by atoms with van der Waals surface area (Å²) in [4.78, 5) is 18.9. The molecule has 1 aliphatic heterocycles. The highest BCUT2D eigenvalue weighted by molar-refractivity contribution is 5.81. The van der Waals surface area contributed by atoms with Crippen LogP contribution in [0.4, 0.5) is 4.39 Å². The number of benzene rings is 1. The molecule has 1 aliphatic rings. The lowest BCUT2D eigenvalue weighted by Gasteiger charge is -2.31. The molecule has 1 aromatic carbocycles. The Morgan fingerprint density at radius 2 is 2.00 bits per heavy atom. The highest BCUT2D eigenvalue weighted by Gasteiger charge is 2.25. The van der Waals surface area contributed by atoms with E-state index in [1.165, 1.54) is 6.07 Å². The van der Waals surface area contributed by atoms with Gasteiger partial charge in [0, 0.05) is 30.4 Å². The van der Waals surface area contributed by atoms with Crippen molar-refractivity contribution >= 4 is 11.5 Å². The van der Waals surface area contributed by atoms with Gasteiger partial charge in [-0.25, -0.2) is 4.39 Å². The molecule has 0 spiro atoms. The van der Waals surface area contributed by atoms with Gasteiger partial charge in [-0.1, -0.05) is 36.9 Å². The van der Waals surface area contributed by atoms with Crippen LogP contribution in [-0.2, 0) is 11.3 Å². The molecule has 162 valence electrons. The summed E-state index contributed by atoms with van der Waals surface area (Å²) in [7, 11) is 0. The van der Waals surface area contributed by atoms with Gasteiger partial charge in [0.2, 0.25) is 5.91 Å². The van der Waals surface area contributed by atoms with E-state index >= 15 is 0 Å². The quantitative estimate of drug-likeness (QED) is 0.664. The molecule has 1 fully saturated rings. The van der Waals surface area contributed by atoms with E-state index < -0.39 is 0 Å². The second-order valence-corrected chi connectivity index (χ2v) is 7.82. The topological polar surface area (TPSA) is 71.2 Å². The van der Waals surface area contributed by atoms with Crippen molar-refractivity contribution in [2.24, 2.45) is 11.7 Å². The normalized spacial score (nSPS) is 16.2. The lowest BCUT2D eigenvalue weighted by molar-refractivity contribution is -0.125. The first-order valence-electron chi connectivity index (χ1n) is 10.4. The number of likely N-dealkylation sites (tertiary alicyclic amines) is 1. The fourth-order valence-corrected chi connectivity index (χ4v) is 3.55. The van der Waals surface area contributed by atoms with Crippen molar-refractivity contribution in [3.63, 3.8) is 0 Å². The number of allylic oxidation sites excluding steroid dienone is 3. The van der Waals surface area contributed by atoms with E-state index in [4.69, 9.17) is 5.73 Å². The fraction of sp³-hybridized carbons (Fsp3) is 0.280. The van der Waals surface area contributed by atoms with Crippen molar-refractivity contribution in [2.45, 2.75) is 26.3 Å². The molecule has 1 aromatic heterocycles. The first-order chi connectivity index (χ1) is 14.9. The molecule has 6 heteroatoms. The van der Waals surface area contributed by atoms with Crippen molar-refractivity contribution in [1.29, 1.82) is 0 Å². The van der Waals surface area contributed by atoms with Crippen LogP contribution in [0.3, 0.4) is 0 Å². The molecule has 31 heavy (non-hydrogen) atoms. The number of piperidine rings is 1. The van der Waals surface area contributed by atoms with Gasteiger partial charge in [0.05, 0.1) is 11.4 Å². The molecule has 3 rings (SSSR count). The van der Waals surface area contributed by atoms with Crippen LogP contribution in [-0.4, -0.2) is 28.9 Å². The lowest BCUT2D eigenvalue weighted by Crippen LogP contribution is -2.40. The molecule has 0 saturated carbocycles. The number of nitrogens with zero attached hydrogens (tertiary/aromatic N) is 2. The molecule has 0 unspecified atom stereocenters. The van der Waals surface area contributed by atoms with Crippen LogP contribution >= 0.6 is 0 Å². The second-order valence-electron chi connectivity index (χ2n) is 7.82. The molecule has 5 nitrogen and oxygen atoms in total. The average molecular weight is 421 g/mol. The monoisotopic (exact) mass is 420 g/mol. The smallest absolute Gasteiger partial charge is 0.227 e. The van der Waals surface area contributed by atoms with Gasteiger partial charge in [-0.05, 0) is 62.2 Å². The Balaban J connectivity index is 1.49. The van der Waals surface area contributed by atoms with Gasteiger partial charge >= 0.3 is 0 Å². The molecule has 2 heterocycles. The Bertz CT molecular complexity index is 976. The number of amides is 1. The van der Waals surface area contributed by atoms with Crippen molar-refractivity contribution in [3.8, 4) is 0 Å². The minimum Gasteiger partial charge on any atom is -0.397 e. The number of nitrogens with two attached hydrogens (primary N) is 1. The van der Waals surface area contributed by atoms with Crippen LogP contribution in [0, 0.1) is 11.7 Å². The molecule has 1 amide bonds. The molecule has 0 bridgehead atoms. The highest BCUT2D eigenvalue weighted by Crippen LogP contribution is 2.21. The number of carbonyl (C=O) groups excluding carboxylic acids is 1. The van der Waals surface area contributed by atoms with Crippen LogP contribution in [0.15, 0.2) is 78.9 Å². The molecule has 0 atom stereocenters. The molecule has 3 N–H and O–H groups in total. The van der Waals surface area contributed by atoms with Crippen LogP contribution in [0.5, 0.6) is 0 Å². The van der Waals surface area contributed by atoms with Crippen molar-refractivity contribution in [2.75, 3.05) is 13.1 Å².